The fourth-order valence-corrected chi connectivity index (χ4v) is 1.90. The Bertz CT molecular complexity index is 434. The number of amides is 1. The highest BCUT2D eigenvalue weighted by atomic mass is 16.5. The number of esters is 1. The molecule has 2 unspecified atom stereocenters. The maximum atomic E-state index is 12.1. The molecular weight excluding hydrogens is 256 g/mol. The summed E-state index contributed by atoms with van der Waals surface area (Å²) in [4.78, 5) is 23.6. The summed E-state index contributed by atoms with van der Waals surface area (Å²) in [5.74, 6) is -0.596. The summed E-state index contributed by atoms with van der Waals surface area (Å²) in [7, 11) is 3.14. The Kier molecular flexibility index (Phi) is 6.73. The number of rotatable bonds is 7. The van der Waals surface area contributed by atoms with Crippen molar-refractivity contribution in [2.45, 2.75) is 19.4 Å². The molecule has 5 heteroatoms. The van der Waals surface area contributed by atoms with E-state index in [2.05, 4.69) is 15.4 Å². The van der Waals surface area contributed by atoms with E-state index in [1.807, 2.05) is 37.3 Å². The number of methoxy groups -OCH3 is 1. The van der Waals surface area contributed by atoms with E-state index in [-0.39, 0.29) is 30.3 Å². The standard InChI is InChI=1S/C15H22N2O3/c1-11(10-16-2)15(19)17-13(9-14(18)20-3)12-7-5-4-6-8-12/h4-8,11,13,16H,9-10H2,1-3H3,(H,17,19). The second kappa shape index (κ2) is 8.32. The van der Waals surface area contributed by atoms with E-state index < -0.39 is 0 Å². The molecule has 0 heterocycles. The third-order valence-corrected chi connectivity index (χ3v) is 3.07. The zero-order chi connectivity index (χ0) is 15.0. The molecule has 110 valence electrons. The normalized spacial score (nSPS) is 13.3. The largest absolute Gasteiger partial charge is 0.469 e. The molecule has 2 N–H and O–H groups in total. The molecule has 0 bridgehead atoms. The quantitative estimate of drug-likeness (QED) is 0.737. The molecule has 5 nitrogen and oxygen atoms in total. The molecule has 20 heavy (non-hydrogen) atoms. The van der Waals surface area contributed by atoms with Crippen LogP contribution in [0, 0.1) is 5.92 Å². The van der Waals surface area contributed by atoms with E-state index >= 15 is 0 Å². The van der Waals surface area contributed by atoms with E-state index in [0.29, 0.717) is 6.54 Å². The Morgan fingerprint density at radius 2 is 1.90 bits per heavy atom. The molecule has 1 aromatic rings. The molecule has 1 amide bonds. The van der Waals surface area contributed by atoms with Crippen LogP contribution in [0.15, 0.2) is 30.3 Å². The first-order chi connectivity index (χ1) is 9.58. The SMILES string of the molecule is CNCC(C)C(=O)NC(CC(=O)OC)c1ccccc1. The summed E-state index contributed by atoms with van der Waals surface area (Å²) >= 11 is 0. The minimum atomic E-state index is -0.365. The summed E-state index contributed by atoms with van der Waals surface area (Å²) in [5.41, 5.74) is 0.892. The zero-order valence-electron chi connectivity index (χ0n) is 12.2. The van der Waals surface area contributed by atoms with Crippen molar-refractivity contribution in [3.05, 3.63) is 35.9 Å². The minimum absolute atomic E-state index is 0.0860. The smallest absolute Gasteiger partial charge is 0.307 e. The van der Waals surface area contributed by atoms with Crippen LogP contribution in [0.5, 0.6) is 0 Å². The maximum Gasteiger partial charge on any atom is 0.307 e. The molecular formula is C15H22N2O3. The first kappa shape index (κ1) is 16.2. The molecule has 0 fully saturated rings. The topological polar surface area (TPSA) is 67.4 Å². The number of benzene rings is 1. The van der Waals surface area contributed by atoms with Gasteiger partial charge < -0.3 is 15.4 Å². The van der Waals surface area contributed by atoms with Gasteiger partial charge in [0.2, 0.25) is 5.91 Å². The summed E-state index contributed by atoms with van der Waals surface area (Å²) in [6.07, 6.45) is 0.124. The number of carbonyl (C=O) groups is 2. The second-order valence-corrected chi connectivity index (χ2v) is 4.71. The van der Waals surface area contributed by atoms with Crippen LogP contribution >= 0.6 is 0 Å². The van der Waals surface area contributed by atoms with Gasteiger partial charge in [-0.15, -0.1) is 0 Å². The second-order valence-electron chi connectivity index (χ2n) is 4.71. The number of carbonyl (C=O) groups excluding carboxylic acids is 2. The molecule has 0 radical (unpaired) electrons. The molecule has 1 rings (SSSR count). The van der Waals surface area contributed by atoms with Gasteiger partial charge in [0.25, 0.3) is 0 Å². The van der Waals surface area contributed by atoms with Gasteiger partial charge in [0.05, 0.1) is 19.6 Å². The van der Waals surface area contributed by atoms with Crippen molar-refractivity contribution in [1.29, 1.82) is 0 Å². The average Bonchev–Trinajstić information content (AvgIpc) is 2.47. The fraction of sp³-hybridized carbons (Fsp3) is 0.467. The van der Waals surface area contributed by atoms with Gasteiger partial charge in [0, 0.05) is 12.5 Å². The molecule has 0 saturated carbocycles. The van der Waals surface area contributed by atoms with Crippen LogP contribution in [-0.4, -0.2) is 32.6 Å². The van der Waals surface area contributed by atoms with Crippen LogP contribution in [0.1, 0.15) is 24.9 Å². The third kappa shape index (κ3) is 5.01. The Morgan fingerprint density at radius 1 is 1.25 bits per heavy atom. The summed E-state index contributed by atoms with van der Waals surface area (Å²) in [6, 6.07) is 9.05. The molecule has 0 aromatic heterocycles. The predicted molar refractivity (Wildman–Crippen MR) is 77.0 cm³/mol. The van der Waals surface area contributed by atoms with Gasteiger partial charge in [0.1, 0.15) is 0 Å². The lowest BCUT2D eigenvalue weighted by Gasteiger charge is -2.20. The summed E-state index contributed by atoms with van der Waals surface area (Å²) in [6.45, 7) is 2.43. The predicted octanol–water partition coefficient (Wildman–Crippen LogP) is 1.26. The van der Waals surface area contributed by atoms with Crippen molar-refractivity contribution >= 4 is 11.9 Å². The first-order valence-electron chi connectivity index (χ1n) is 6.65. The molecule has 0 aliphatic rings. The van der Waals surface area contributed by atoms with E-state index in [4.69, 9.17) is 0 Å². The van der Waals surface area contributed by atoms with Gasteiger partial charge in [-0.25, -0.2) is 0 Å². The maximum absolute atomic E-state index is 12.1. The fourth-order valence-electron chi connectivity index (χ4n) is 1.90. The molecule has 1 aromatic carbocycles. The van der Waals surface area contributed by atoms with Gasteiger partial charge in [-0.1, -0.05) is 37.3 Å². The molecule has 0 aliphatic carbocycles. The number of hydrogen-bond acceptors (Lipinski definition) is 4. The van der Waals surface area contributed by atoms with Crippen LogP contribution in [0.25, 0.3) is 0 Å². The summed E-state index contributed by atoms with van der Waals surface area (Å²) in [5, 5.41) is 5.86. The van der Waals surface area contributed by atoms with Gasteiger partial charge in [-0.2, -0.15) is 0 Å². The lowest BCUT2D eigenvalue weighted by atomic mass is 10.0. The van der Waals surface area contributed by atoms with Gasteiger partial charge >= 0.3 is 5.97 Å². The van der Waals surface area contributed by atoms with E-state index in [0.717, 1.165) is 5.56 Å². The zero-order valence-corrected chi connectivity index (χ0v) is 12.2. The average molecular weight is 278 g/mol. The molecule has 0 saturated heterocycles. The van der Waals surface area contributed by atoms with Crippen molar-refractivity contribution in [2.75, 3.05) is 20.7 Å². The highest BCUT2D eigenvalue weighted by Gasteiger charge is 2.21. The van der Waals surface area contributed by atoms with E-state index in [9.17, 15) is 9.59 Å². The van der Waals surface area contributed by atoms with Crippen molar-refractivity contribution in [3.63, 3.8) is 0 Å². The molecule has 2 atom stereocenters. The lowest BCUT2D eigenvalue weighted by Crippen LogP contribution is -2.37. The summed E-state index contributed by atoms with van der Waals surface area (Å²) < 4.78 is 4.69. The van der Waals surface area contributed by atoms with Gasteiger partial charge in [-0.05, 0) is 12.6 Å². The van der Waals surface area contributed by atoms with Crippen LogP contribution in [0.2, 0.25) is 0 Å². The highest BCUT2D eigenvalue weighted by Crippen LogP contribution is 2.17. The van der Waals surface area contributed by atoms with Crippen molar-refractivity contribution < 1.29 is 14.3 Å². The van der Waals surface area contributed by atoms with Gasteiger partial charge in [0.15, 0.2) is 0 Å². The minimum Gasteiger partial charge on any atom is -0.469 e. The molecule has 0 spiro atoms. The lowest BCUT2D eigenvalue weighted by molar-refractivity contribution is -0.141. The van der Waals surface area contributed by atoms with E-state index in [1.54, 1.807) is 7.05 Å². The van der Waals surface area contributed by atoms with Crippen LogP contribution in [-0.2, 0) is 14.3 Å². The van der Waals surface area contributed by atoms with Crippen LogP contribution in [0.4, 0.5) is 0 Å². The Hall–Kier alpha value is -1.88. The van der Waals surface area contributed by atoms with Crippen molar-refractivity contribution in [3.8, 4) is 0 Å². The van der Waals surface area contributed by atoms with Crippen LogP contribution < -0.4 is 10.6 Å². The van der Waals surface area contributed by atoms with Crippen LogP contribution in [0.3, 0.4) is 0 Å². The molecule has 0 aliphatic heterocycles. The van der Waals surface area contributed by atoms with E-state index in [1.165, 1.54) is 7.11 Å². The Balaban J connectivity index is 2.78. The number of hydrogen-bond donors (Lipinski definition) is 2. The Morgan fingerprint density at radius 3 is 2.45 bits per heavy atom. The first-order valence-corrected chi connectivity index (χ1v) is 6.65. The van der Waals surface area contributed by atoms with Crippen molar-refractivity contribution in [2.24, 2.45) is 5.92 Å². The number of nitrogens with one attached hydrogen (secondary N) is 2. The van der Waals surface area contributed by atoms with Crippen molar-refractivity contribution in [1.82, 2.24) is 10.6 Å². The highest BCUT2D eigenvalue weighted by molar-refractivity contribution is 5.80. The number of ether oxygens (including phenoxy) is 1. The Labute approximate surface area is 119 Å². The monoisotopic (exact) mass is 278 g/mol. The van der Waals surface area contributed by atoms with Gasteiger partial charge in [-0.3, -0.25) is 9.59 Å². The third-order valence-electron chi connectivity index (χ3n) is 3.07.